The van der Waals surface area contributed by atoms with Crippen LogP contribution in [0.25, 0.3) is 11.0 Å². The van der Waals surface area contributed by atoms with Crippen LogP contribution in [0.3, 0.4) is 0 Å². The number of nitrogens with zero attached hydrogens (tertiary/aromatic N) is 1. The Morgan fingerprint density at radius 1 is 1.21 bits per heavy atom. The van der Waals surface area contributed by atoms with Crippen molar-refractivity contribution >= 4 is 11.0 Å². The first-order chi connectivity index (χ1) is 11.5. The van der Waals surface area contributed by atoms with E-state index < -0.39 is 0 Å². The minimum atomic E-state index is 0.00329. The molecule has 0 aliphatic heterocycles. The maximum atomic E-state index is 6.09. The van der Waals surface area contributed by atoms with Crippen LogP contribution in [0.1, 0.15) is 38.1 Å². The molecule has 0 saturated heterocycles. The zero-order valence-electron chi connectivity index (χ0n) is 14.7. The molecule has 24 heavy (non-hydrogen) atoms. The highest BCUT2D eigenvalue weighted by Crippen LogP contribution is 2.36. The summed E-state index contributed by atoms with van der Waals surface area (Å²) >= 11 is 0. The molecule has 3 rings (SSSR count). The fraction of sp³-hybridized carbons (Fsp3) is 0.350. The Labute approximate surface area is 142 Å². The van der Waals surface area contributed by atoms with Gasteiger partial charge in [0, 0.05) is 29.9 Å². The van der Waals surface area contributed by atoms with Gasteiger partial charge in [0.1, 0.15) is 17.1 Å². The van der Waals surface area contributed by atoms with E-state index in [0.29, 0.717) is 6.54 Å². The van der Waals surface area contributed by atoms with Gasteiger partial charge in [-0.3, -0.25) is 4.98 Å². The van der Waals surface area contributed by atoms with Gasteiger partial charge in [0.15, 0.2) is 0 Å². The summed E-state index contributed by atoms with van der Waals surface area (Å²) < 4.78 is 11.5. The largest absolute Gasteiger partial charge is 0.496 e. The van der Waals surface area contributed by atoms with Crippen molar-refractivity contribution in [2.45, 2.75) is 33.4 Å². The van der Waals surface area contributed by atoms with Gasteiger partial charge in [0.25, 0.3) is 0 Å². The van der Waals surface area contributed by atoms with Gasteiger partial charge in [-0.15, -0.1) is 0 Å². The summed E-state index contributed by atoms with van der Waals surface area (Å²) in [7, 11) is 1.68. The van der Waals surface area contributed by atoms with Crippen LogP contribution in [-0.2, 0) is 6.54 Å². The van der Waals surface area contributed by atoms with Crippen molar-refractivity contribution in [3.8, 4) is 5.75 Å². The quantitative estimate of drug-likeness (QED) is 0.738. The van der Waals surface area contributed by atoms with Gasteiger partial charge < -0.3 is 14.5 Å². The predicted octanol–water partition coefficient (Wildman–Crippen LogP) is 4.71. The minimum absolute atomic E-state index is 0.00329. The number of rotatable bonds is 5. The van der Waals surface area contributed by atoms with Crippen molar-refractivity contribution in [2.24, 2.45) is 5.41 Å². The Bertz CT molecular complexity index is 785. The summed E-state index contributed by atoms with van der Waals surface area (Å²) in [6.07, 6.45) is 3.58. The molecule has 0 fully saturated rings. The van der Waals surface area contributed by atoms with E-state index in [1.165, 1.54) is 0 Å². The zero-order chi connectivity index (χ0) is 17.2. The lowest BCUT2D eigenvalue weighted by molar-refractivity contribution is 0.238. The number of methoxy groups -OCH3 is 1. The van der Waals surface area contributed by atoms with Crippen LogP contribution in [0, 0.1) is 5.41 Å². The fourth-order valence-corrected chi connectivity index (χ4v) is 2.94. The molecule has 1 aromatic carbocycles. The summed E-state index contributed by atoms with van der Waals surface area (Å²) in [6, 6.07) is 12.2. The summed E-state index contributed by atoms with van der Waals surface area (Å²) in [4.78, 5) is 4.20. The van der Waals surface area contributed by atoms with E-state index in [1.807, 2.05) is 30.5 Å². The molecule has 0 bridgehead atoms. The summed E-state index contributed by atoms with van der Waals surface area (Å²) in [6.45, 7) is 7.28. The number of hydrogen-bond acceptors (Lipinski definition) is 4. The molecule has 3 aromatic rings. The molecule has 126 valence electrons. The Kier molecular flexibility index (Phi) is 4.58. The van der Waals surface area contributed by atoms with Gasteiger partial charge in [-0.1, -0.05) is 39.0 Å². The van der Waals surface area contributed by atoms with E-state index >= 15 is 0 Å². The van der Waals surface area contributed by atoms with Crippen LogP contribution in [-0.4, -0.2) is 12.1 Å². The predicted molar refractivity (Wildman–Crippen MR) is 96.0 cm³/mol. The number of pyridine rings is 1. The van der Waals surface area contributed by atoms with Gasteiger partial charge in [-0.25, -0.2) is 0 Å². The van der Waals surface area contributed by atoms with E-state index in [-0.39, 0.29) is 11.5 Å². The lowest BCUT2D eigenvalue weighted by Crippen LogP contribution is -2.31. The third kappa shape index (κ3) is 3.44. The number of fused-ring (bicyclic) bond motifs is 1. The maximum Gasteiger partial charge on any atom is 0.134 e. The van der Waals surface area contributed by atoms with Crippen LogP contribution < -0.4 is 10.1 Å². The molecular weight excluding hydrogens is 300 g/mol. The third-order valence-corrected chi connectivity index (χ3v) is 4.17. The Hall–Kier alpha value is -2.33. The molecule has 1 atom stereocenters. The highest BCUT2D eigenvalue weighted by atomic mass is 16.5. The fourth-order valence-electron chi connectivity index (χ4n) is 2.94. The van der Waals surface area contributed by atoms with Gasteiger partial charge in [0.2, 0.25) is 0 Å². The second-order valence-electron chi connectivity index (χ2n) is 7.05. The summed E-state index contributed by atoms with van der Waals surface area (Å²) in [5, 5.41) is 4.74. The highest BCUT2D eigenvalue weighted by Gasteiger charge is 2.29. The van der Waals surface area contributed by atoms with E-state index in [1.54, 1.807) is 13.3 Å². The van der Waals surface area contributed by atoms with E-state index in [2.05, 4.69) is 43.2 Å². The van der Waals surface area contributed by atoms with Crippen molar-refractivity contribution in [3.63, 3.8) is 0 Å². The number of aromatic nitrogens is 1. The molecule has 2 aromatic heterocycles. The van der Waals surface area contributed by atoms with Gasteiger partial charge in [-0.05, 0) is 23.6 Å². The van der Waals surface area contributed by atoms with Gasteiger partial charge in [-0.2, -0.15) is 0 Å². The smallest absolute Gasteiger partial charge is 0.134 e. The monoisotopic (exact) mass is 324 g/mol. The number of nitrogens with one attached hydrogen (secondary N) is 1. The van der Waals surface area contributed by atoms with Crippen LogP contribution in [0.15, 0.2) is 53.2 Å². The molecule has 2 heterocycles. The first-order valence-corrected chi connectivity index (χ1v) is 8.18. The highest BCUT2D eigenvalue weighted by molar-refractivity contribution is 5.77. The first-order valence-electron chi connectivity index (χ1n) is 8.18. The Morgan fingerprint density at radius 3 is 2.71 bits per heavy atom. The topological polar surface area (TPSA) is 47.3 Å². The molecule has 0 spiro atoms. The lowest BCUT2D eigenvalue weighted by atomic mass is 9.85. The normalized spacial score (nSPS) is 13.2. The summed E-state index contributed by atoms with van der Waals surface area (Å²) in [5.74, 6) is 1.79. The minimum Gasteiger partial charge on any atom is -0.496 e. The lowest BCUT2D eigenvalue weighted by Gasteiger charge is -2.30. The molecular formula is C20H24N2O2. The molecule has 1 N–H and O–H groups in total. The van der Waals surface area contributed by atoms with Crippen molar-refractivity contribution in [2.75, 3.05) is 7.11 Å². The maximum absolute atomic E-state index is 6.09. The van der Waals surface area contributed by atoms with Crippen LogP contribution >= 0.6 is 0 Å². The number of ether oxygens (including phenoxy) is 1. The standard InChI is InChI=1S/C20H24N2O2/c1-20(2,3)19(18-11-14-7-5-6-8-17(14)24-18)22-13-15-12-21-10-9-16(15)23-4/h5-12,19,22H,13H2,1-4H3. The third-order valence-electron chi connectivity index (χ3n) is 4.17. The number of benzene rings is 1. The van der Waals surface area contributed by atoms with Crippen molar-refractivity contribution < 1.29 is 9.15 Å². The first kappa shape index (κ1) is 16.5. The van der Waals surface area contributed by atoms with Crippen molar-refractivity contribution in [3.05, 3.63) is 60.1 Å². The Morgan fingerprint density at radius 2 is 2.00 bits per heavy atom. The molecule has 4 nitrogen and oxygen atoms in total. The molecule has 1 unspecified atom stereocenters. The molecule has 0 aliphatic carbocycles. The van der Waals surface area contributed by atoms with Gasteiger partial charge in [0.05, 0.1) is 13.2 Å². The molecule has 0 aliphatic rings. The number of hydrogen-bond donors (Lipinski definition) is 1. The number of para-hydroxylation sites is 1. The van der Waals surface area contributed by atoms with E-state index in [0.717, 1.165) is 28.0 Å². The van der Waals surface area contributed by atoms with Gasteiger partial charge >= 0.3 is 0 Å². The Balaban J connectivity index is 1.87. The number of furan rings is 1. The molecule has 0 amide bonds. The van der Waals surface area contributed by atoms with Crippen LogP contribution in [0.5, 0.6) is 5.75 Å². The zero-order valence-corrected chi connectivity index (χ0v) is 14.7. The van der Waals surface area contributed by atoms with Crippen LogP contribution in [0.2, 0.25) is 0 Å². The van der Waals surface area contributed by atoms with E-state index in [4.69, 9.17) is 9.15 Å². The van der Waals surface area contributed by atoms with Crippen molar-refractivity contribution in [1.29, 1.82) is 0 Å². The molecule has 0 radical (unpaired) electrons. The molecule has 4 heteroatoms. The van der Waals surface area contributed by atoms with Crippen molar-refractivity contribution in [1.82, 2.24) is 10.3 Å². The second-order valence-corrected chi connectivity index (χ2v) is 7.05. The average Bonchev–Trinajstić information content (AvgIpc) is 2.97. The SMILES string of the molecule is COc1ccncc1CNC(c1cc2ccccc2o1)C(C)(C)C. The summed E-state index contributed by atoms with van der Waals surface area (Å²) in [5.41, 5.74) is 1.96. The average molecular weight is 324 g/mol. The van der Waals surface area contributed by atoms with Crippen LogP contribution in [0.4, 0.5) is 0 Å². The second kappa shape index (κ2) is 6.65. The van der Waals surface area contributed by atoms with E-state index in [9.17, 15) is 0 Å². The molecule has 0 saturated carbocycles.